The van der Waals surface area contributed by atoms with Crippen molar-refractivity contribution in [1.82, 2.24) is 9.88 Å². The monoisotopic (exact) mass is 402 g/mol. The van der Waals surface area contributed by atoms with Gasteiger partial charge in [0.2, 0.25) is 0 Å². The Kier molecular flexibility index (Phi) is 4.78. The number of aromatic amines is 1. The summed E-state index contributed by atoms with van der Waals surface area (Å²) in [6.45, 7) is 1.60. The zero-order valence-corrected chi connectivity index (χ0v) is 17.1. The maximum absolute atomic E-state index is 6.25. The van der Waals surface area contributed by atoms with Crippen molar-refractivity contribution in [3.05, 3.63) is 100 Å². The molecule has 1 unspecified atom stereocenters. The van der Waals surface area contributed by atoms with Gasteiger partial charge in [-0.3, -0.25) is 4.90 Å². The molecule has 5 rings (SSSR count). The number of aromatic nitrogens is 1. The van der Waals surface area contributed by atoms with Crippen LogP contribution < -0.4 is 4.74 Å². The second-order valence-electron chi connectivity index (χ2n) is 7.68. The van der Waals surface area contributed by atoms with E-state index in [0.29, 0.717) is 6.61 Å². The highest BCUT2D eigenvalue weighted by Gasteiger charge is 2.29. The average Bonchev–Trinajstić information content (AvgIpc) is 3.11. The molecular formula is C25H23ClN2O. The summed E-state index contributed by atoms with van der Waals surface area (Å²) in [6.07, 6.45) is 1.03. The van der Waals surface area contributed by atoms with E-state index in [4.69, 9.17) is 16.3 Å². The first-order valence-electron chi connectivity index (χ1n) is 9.96. The third-order valence-electron chi connectivity index (χ3n) is 5.77. The first-order valence-corrected chi connectivity index (χ1v) is 10.3. The highest BCUT2D eigenvalue weighted by molar-refractivity contribution is 6.31. The average molecular weight is 403 g/mol. The number of halogens is 1. The number of likely N-dealkylation sites (N-methyl/N-ethyl adjacent to an activating group) is 1. The predicted octanol–water partition coefficient (Wildman–Crippen LogP) is 5.98. The topological polar surface area (TPSA) is 28.3 Å². The van der Waals surface area contributed by atoms with Crippen LogP contribution in [0.2, 0.25) is 5.02 Å². The minimum Gasteiger partial charge on any atom is -0.489 e. The molecule has 0 aliphatic carbocycles. The molecule has 0 fully saturated rings. The summed E-state index contributed by atoms with van der Waals surface area (Å²) in [4.78, 5) is 6.05. The Bertz CT molecular complexity index is 1130. The van der Waals surface area contributed by atoms with Crippen molar-refractivity contribution in [3.63, 3.8) is 0 Å². The van der Waals surface area contributed by atoms with E-state index in [0.717, 1.165) is 29.3 Å². The van der Waals surface area contributed by atoms with E-state index in [1.54, 1.807) is 0 Å². The maximum Gasteiger partial charge on any atom is 0.119 e. The minimum atomic E-state index is 0.202. The molecule has 3 nitrogen and oxygen atoms in total. The van der Waals surface area contributed by atoms with Gasteiger partial charge in [-0.1, -0.05) is 54.1 Å². The quantitative estimate of drug-likeness (QED) is 0.455. The van der Waals surface area contributed by atoms with Crippen LogP contribution in [-0.2, 0) is 13.0 Å². The van der Waals surface area contributed by atoms with Crippen LogP contribution in [0.5, 0.6) is 5.75 Å². The number of benzene rings is 3. The van der Waals surface area contributed by atoms with Crippen LogP contribution in [0.4, 0.5) is 0 Å². The molecule has 0 bridgehead atoms. The predicted molar refractivity (Wildman–Crippen MR) is 119 cm³/mol. The first kappa shape index (κ1) is 18.3. The lowest BCUT2D eigenvalue weighted by molar-refractivity contribution is 0.261. The lowest BCUT2D eigenvalue weighted by Gasteiger charge is -2.33. The van der Waals surface area contributed by atoms with E-state index in [1.807, 2.05) is 24.3 Å². The van der Waals surface area contributed by atoms with Crippen LogP contribution in [0.3, 0.4) is 0 Å². The molecule has 0 amide bonds. The van der Waals surface area contributed by atoms with Gasteiger partial charge >= 0.3 is 0 Å². The molecule has 0 saturated heterocycles. The molecule has 29 heavy (non-hydrogen) atoms. The third kappa shape index (κ3) is 3.52. The van der Waals surface area contributed by atoms with E-state index in [1.165, 1.54) is 27.8 Å². The van der Waals surface area contributed by atoms with Crippen molar-refractivity contribution < 1.29 is 4.74 Å². The summed E-state index contributed by atoms with van der Waals surface area (Å²) in [7, 11) is 2.19. The number of hydrogen-bond donors (Lipinski definition) is 1. The van der Waals surface area contributed by atoms with Crippen LogP contribution in [0, 0.1) is 0 Å². The fourth-order valence-corrected chi connectivity index (χ4v) is 4.46. The van der Waals surface area contributed by atoms with Gasteiger partial charge in [-0.25, -0.2) is 0 Å². The minimum absolute atomic E-state index is 0.202. The van der Waals surface area contributed by atoms with Gasteiger partial charge in [0.25, 0.3) is 0 Å². The smallest absolute Gasteiger partial charge is 0.119 e. The van der Waals surface area contributed by atoms with Gasteiger partial charge in [-0.15, -0.1) is 0 Å². The van der Waals surface area contributed by atoms with E-state index >= 15 is 0 Å². The SMILES string of the molecule is CN1CCc2c([nH]c3ccc(Cl)cc23)C1c1ccc(OCc2ccccc2)cc1. The Hall–Kier alpha value is -2.75. The molecular weight excluding hydrogens is 380 g/mol. The molecule has 3 aromatic carbocycles. The van der Waals surface area contributed by atoms with Gasteiger partial charge < -0.3 is 9.72 Å². The largest absolute Gasteiger partial charge is 0.489 e. The zero-order chi connectivity index (χ0) is 19.8. The molecule has 0 radical (unpaired) electrons. The van der Waals surface area contributed by atoms with Crippen molar-refractivity contribution in [2.75, 3.05) is 13.6 Å². The maximum atomic E-state index is 6.25. The highest BCUT2D eigenvalue weighted by Crippen LogP contribution is 2.38. The fraction of sp³-hybridized carbons (Fsp3) is 0.200. The van der Waals surface area contributed by atoms with Crippen molar-refractivity contribution >= 4 is 22.5 Å². The van der Waals surface area contributed by atoms with Crippen LogP contribution in [0.25, 0.3) is 10.9 Å². The standard InChI is InChI=1S/C25H23ClN2O/c1-28-14-13-21-22-15-19(26)9-12-23(22)27-24(21)25(28)18-7-10-20(11-8-18)29-16-17-5-3-2-4-6-17/h2-12,15,25,27H,13-14,16H2,1H3. The van der Waals surface area contributed by atoms with Gasteiger partial charge in [-0.2, -0.15) is 0 Å². The Morgan fingerprint density at radius 1 is 1.03 bits per heavy atom. The van der Waals surface area contributed by atoms with E-state index in [9.17, 15) is 0 Å². The van der Waals surface area contributed by atoms with Crippen LogP contribution in [-0.4, -0.2) is 23.5 Å². The summed E-state index contributed by atoms with van der Waals surface area (Å²) >= 11 is 6.25. The highest BCUT2D eigenvalue weighted by atomic mass is 35.5. The number of H-pyrrole nitrogens is 1. The normalized spacial score (nSPS) is 16.7. The molecule has 1 atom stereocenters. The van der Waals surface area contributed by atoms with Crippen molar-refractivity contribution in [1.29, 1.82) is 0 Å². The molecule has 146 valence electrons. The lowest BCUT2D eigenvalue weighted by atomic mass is 9.93. The molecule has 1 aliphatic rings. The molecule has 4 heteroatoms. The Balaban J connectivity index is 1.43. The summed E-state index contributed by atoms with van der Waals surface area (Å²) in [6, 6.07) is 25.0. The second-order valence-corrected chi connectivity index (χ2v) is 8.12. The van der Waals surface area contributed by atoms with Crippen molar-refractivity contribution in [2.24, 2.45) is 0 Å². The van der Waals surface area contributed by atoms with Gasteiger partial charge in [0.05, 0.1) is 6.04 Å². The van der Waals surface area contributed by atoms with Crippen LogP contribution in [0.15, 0.2) is 72.8 Å². The fourth-order valence-electron chi connectivity index (χ4n) is 4.29. The molecule has 2 heterocycles. The molecule has 0 saturated carbocycles. The van der Waals surface area contributed by atoms with Crippen molar-refractivity contribution in [2.45, 2.75) is 19.1 Å². The van der Waals surface area contributed by atoms with E-state index in [2.05, 4.69) is 65.5 Å². The molecule has 1 aromatic heterocycles. The first-order chi connectivity index (χ1) is 14.2. The Labute approximate surface area is 175 Å². The number of fused-ring (bicyclic) bond motifs is 3. The summed E-state index contributed by atoms with van der Waals surface area (Å²) in [5.41, 5.74) is 6.25. The number of nitrogens with zero attached hydrogens (tertiary/aromatic N) is 1. The van der Waals surface area contributed by atoms with Gasteiger partial charge in [0, 0.05) is 28.2 Å². The lowest BCUT2D eigenvalue weighted by Crippen LogP contribution is -2.32. The van der Waals surface area contributed by atoms with E-state index < -0.39 is 0 Å². The summed E-state index contributed by atoms with van der Waals surface area (Å²) in [5.74, 6) is 0.889. The Morgan fingerprint density at radius 3 is 2.62 bits per heavy atom. The van der Waals surface area contributed by atoms with Gasteiger partial charge in [-0.05, 0) is 60.5 Å². The second kappa shape index (κ2) is 7.58. The number of hydrogen-bond acceptors (Lipinski definition) is 2. The van der Waals surface area contributed by atoms with Gasteiger partial charge in [0.15, 0.2) is 0 Å². The molecule has 1 N–H and O–H groups in total. The number of ether oxygens (including phenoxy) is 1. The number of nitrogens with one attached hydrogen (secondary N) is 1. The molecule has 4 aromatic rings. The summed E-state index contributed by atoms with van der Waals surface area (Å²) < 4.78 is 5.96. The van der Waals surface area contributed by atoms with Crippen LogP contribution in [0.1, 0.15) is 28.4 Å². The van der Waals surface area contributed by atoms with Crippen molar-refractivity contribution in [3.8, 4) is 5.75 Å². The van der Waals surface area contributed by atoms with E-state index in [-0.39, 0.29) is 6.04 Å². The molecule has 1 aliphatic heterocycles. The Morgan fingerprint density at radius 2 is 1.83 bits per heavy atom. The number of rotatable bonds is 4. The zero-order valence-electron chi connectivity index (χ0n) is 16.4. The molecule has 0 spiro atoms. The summed E-state index contributed by atoms with van der Waals surface area (Å²) in [5, 5.41) is 2.03. The van der Waals surface area contributed by atoms with Crippen LogP contribution >= 0.6 is 11.6 Å². The third-order valence-corrected chi connectivity index (χ3v) is 6.01. The van der Waals surface area contributed by atoms with Gasteiger partial charge in [0.1, 0.15) is 12.4 Å².